The largest absolute Gasteiger partial charge is 0.495 e. The maximum absolute atomic E-state index is 14.2. The van der Waals surface area contributed by atoms with E-state index in [2.05, 4.69) is 4.98 Å². The number of imidazole rings is 1. The van der Waals surface area contributed by atoms with Crippen molar-refractivity contribution in [2.24, 2.45) is 0 Å². The van der Waals surface area contributed by atoms with E-state index in [1.54, 1.807) is 31.2 Å². The molecular weight excluding hydrogens is 394 g/mol. The van der Waals surface area contributed by atoms with Gasteiger partial charge in [-0.25, -0.2) is 23.1 Å². The summed E-state index contributed by atoms with van der Waals surface area (Å²) >= 11 is 0. The van der Waals surface area contributed by atoms with Gasteiger partial charge in [-0.15, -0.1) is 0 Å². The molecule has 4 rings (SSSR count). The molecule has 0 aliphatic heterocycles. The van der Waals surface area contributed by atoms with Crippen LogP contribution in [-0.2, 0) is 13.1 Å². The number of hydrogen-bond donors (Lipinski definition) is 0. The van der Waals surface area contributed by atoms with E-state index in [0.29, 0.717) is 11.4 Å². The van der Waals surface area contributed by atoms with Crippen molar-refractivity contribution in [2.75, 3.05) is 7.11 Å². The summed E-state index contributed by atoms with van der Waals surface area (Å²) in [6.07, 6.45) is 1.36. The van der Waals surface area contributed by atoms with Crippen molar-refractivity contribution in [3.8, 4) is 11.4 Å². The number of ether oxygens (including phenoxy) is 1. The van der Waals surface area contributed by atoms with Crippen molar-refractivity contribution in [2.45, 2.75) is 20.0 Å². The molecule has 4 aromatic rings. The Morgan fingerprint density at radius 1 is 1.10 bits per heavy atom. The molecule has 2 heterocycles. The molecule has 0 N–H and O–H groups in total. The number of fused-ring (bicyclic) bond motifs is 1. The Morgan fingerprint density at radius 3 is 2.57 bits per heavy atom. The zero-order valence-electron chi connectivity index (χ0n) is 16.3. The number of methoxy groups -OCH3 is 1. The van der Waals surface area contributed by atoms with Gasteiger partial charge in [-0.1, -0.05) is 18.2 Å². The van der Waals surface area contributed by atoms with Gasteiger partial charge in [-0.2, -0.15) is 0 Å². The Morgan fingerprint density at radius 2 is 1.87 bits per heavy atom. The second-order valence-corrected chi connectivity index (χ2v) is 6.62. The Kier molecular flexibility index (Phi) is 4.94. The molecule has 0 bridgehead atoms. The van der Waals surface area contributed by atoms with Crippen LogP contribution in [0.4, 0.5) is 8.78 Å². The van der Waals surface area contributed by atoms with Gasteiger partial charge < -0.3 is 9.30 Å². The maximum atomic E-state index is 14.2. The van der Waals surface area contributed by atoms with Gasteiger partial charge in [0.25, 0.3) is 5.56 Å². The molecule has 154 valence electrons. The lowest BCUT2D eigenvalue weighted by Crippen LogP contribution is -2.39. The first-order valence-electron chi connectivity index (χ1n) is 9.24. The first-order valence-corrected chi connectivity index (χ1v) is 9.24. The fraction of sp³-hybridized carbons (Fsp3) is 0.190. The van der Waals surface area contributed by atoms with E-state index in [9.17, 15) is 18.4 Å². The molecule has 0 fully saturated rings. The zero-order chi connectivity index (χ0) is 21.4. The first-order chi connectivity index (χ1) is 14.5. The summed E-state index contributed by atoms with van der Waals surface area (Å²) in [5.74, 6) is -0.989. The molecule has 7 nitrogen and oxygen atoms in total. The van der Waals surface area contributed by atoms with Gasteiger partial charge in [0.2, 0.25) is 0 Å². The molecule has 2 aromatic heterocycles. The minimum absolute atomic E-state index is 0.0499. The van der Waals surface area contributed by atoms with E-state index >= 15 is 0 Å². The molecule has 0 amide bonds. The fourth-order valence-electron chi connectivity index (χ4n) is 3.44. The lowest BCUT2D eigenvalue weighted by molar-refractivity contribution is 0.412. The zero-order valence-corrected chi connectivity index (χ0v) is 16.3. The summed E-state index contributed by atoms with van der Waals surface area (Å²) in [5.41, 5.74) is -0.224. The highest BCUT2D eigenvalue weighted by atomic mass is 19.1. The molecule has 0 saturated carbocycles. The van der Waals surface area contributed by atoms with Crippen molar-refractivity contribution in [1.29, 1.82) is 0 Å². The standard InChI is InChI=1S/C21H18F2N4O3/c1-3-26-20(28)18-19(27(21(26)29)16-6-4-5-7-17(16)30-2)24-12-25(18)11-13-8-9-14(22)10-15(13)23/h4-10,12H,3,11H2,1-2H3. The lowest BCUT2D eigenvalue weighted by atomic mass is 10.2. The van der Waals surface area contributed by atoms with Gasteiger partial charge in [0.05, 0.1) is 25.7 Å². The third-order valence-corrected chi connectivity index (χ3v) is 4.90. The smallest absolute Gasteiger partial charge is 0.337 e. The Bertz CT molecular complexity index is 1370. The van der Waals surface area contributed by atoms with Crippen LogP contribution in [0.25, 0.3) is 16.9 Å². The Hall–Kier alpha value is -3.75. The third kappa shape index (κ3) is 3.08. The van der Waals surface area contributed by atoms with Gasteiger partial charge in [-0.3, -0.25) is 9.36 Å². The van der Waals surface area contributed by atoms with Crippen molar-refractivity contribution in [3.05, 3.63) is 86.8 Å². The van der Waals surface area contributed by atoms with E-state index in [4.69, 9.17) is 4.74 Å². The molecular formula is C21H18F2N4O3. The van der Waals surface area contributed by atoms with Crippen LogP contribution in [0.15, 0.2) is 58.4 Å². The molecule has 0 aliphatic rings. The van der Waals surface area contributed by atoms with Crippen LogP contribution in [-0.4, -0.2) is 25.8 Å². The molecule has 0 atom stereocenters. The Balaban J connectivity index is 2.01. The van der Waals surface area contributed by atoms with Crippen LogP contribution in [0.3, 0.4) is 0 Å². The quantitative estimate of drug-likeness (QED) is 0.505. The summed E-state index contributed by atoms with van der Waals surface area (Å²) in [5, 5.41) is 0. The van der Waals surface area contributed by atoms with E-state index in [-0.39, 0.29) is 29.8 Å². The van der Waals surface area contributed by atoms with Crippen LogP contribution in [0, 0.1) is 11.6 Å². The highest BCUT2D eigenvalue weighted by molar-refractivity contribution is 5.73. The van der Waals surface area contributed by atoms with Gasteiger partial charge in [0.1, 0.15) is 17.4 Å². The second kappa shape index (κ2) is 7.58. The van der Waals surface area contributed by atoms with Gasteiger partial charge in [0, 0.05) is 18.2 Å². The number of halogens is 2. The van der Waals surface area contributed by atoms with Crippen molar-refractivity contribution >= 4 is 11.2 Å². The minimum atomic E-state index is -0.731. The SMILES string of the molecule is CCn1c(=O)c2c(ncn2Cc2ccc(F)cc2F)n(-c2ccccc2OC)c1=O. The van der Waals surface area contributed by atoms with Crippen molar-refractivity contribution in [3.63, 3.8) is 0 Å². The number of benzene rings is 2. The third-order valence-electron chi connectivity index (χ3n) is 4.90. The molecule has 0 radical (unpaired) electrons. The molecule has 0 unspecified atom stereocenters. The average molecular weight is 412 g/mol. The molecule has 0 spiro atoms. The summed E-state index contributed by atoms with van der Waals surface area (Å²) in [7, 11) is 1.48. The Labute approximate surface area is 169 Å². The normalized spacial score (nSPS) is 11.2. The first kappa shape index (κ1) is 19.6. The molecule has 30 heavy (non-hydrogen) atoms. The minimum Gasteiger partial charge on any atom is -0.495 e. The van der Waals surface area contributed by atoms with Crippen molar-refractivity contribution in [1.82, 2.24) is 18.7 Å². The number of aromatic nitrogens is 4. The molecule has 0 saturated heterocycles. The van der Waals surface area contributed by atoms with Crippen molar-refractivity contribution < 1.29 is 13.5 Å². The van der Waals surface area contributed by atoms with Gasteiger partial charge in [-0.05, 0) is 25.1 Å². The highest BCUT2D eigenvalue weighted by Crippen LogP contribution is 2.23. The molecule has 2 aromatic carbocycles. The van der Waals surface area contributed by atoms with Crippen LogP contribution < -0.4 is 16.0 Å². The van der Waals surface area contributed by atoms with Gasteiger partial charge in [0.15, 0.2) is 11.2 Å². The van der Waals surface area contributed by atoms with Gasteiger partial charge >= 0.3 is 5.69 Å². The summed E-state index contributed by atoms with van der Waals surface area (Å²) in [6, 6.07) is 10.1. The summed E-state index contributed by atoms with van der Waals surface area (Å²) in [6.45, 7) is 1.77. The summed E-state index contributed by atoms with van der Waals surface area (Å²) in [4.78, 5) is 30.4. The lowest BCUT2D eigenvalue weighted by Gasteiger charge is -2.14. The highest BCUT2D eigenvalue weighted by Gasteiger charge is 2.21. The van der Waals surface area contributed by atoms with E-state index < -0.39 is 22.9 Å². The summed E-state index contributed by atoms with van der Waals surface area (Å²) < 4.78 is 36.6. The van der Waals surface area contributed by atoms with Crippen LogP contribution in [0.2, 0.25) is 0 Å². The van der Waals surface area contributed by atoms with Crippen LogP contribution >= 0.6 is 0 Å². The number of hydrogen-bond acceptors (Lipinski definition) is 4. The molecule has 9 heteroatoms. The second-order valence-electron chi connectivity index (χ2n) is 6.62. The predicted octanol–water partition coefficient (Wildman–Crippen LogP) is 2.70. The van der Waals surface area contributed by atoms with Crippen LogP contribution in [0.5, 0.6) is 5.75 Å². The number of para-hydroxylation sites is 2. The predicted molar refractivity (Wildman–Crippen MR) is 107 cm³/mol. The van der Waals surface area contributed by atoms with E-state index in [0.717, 1.165) is 16.7 Å². The monoisotopic (exact) mass is 412 g/mol. The molecule has 0 aliphatic carbocycles. The number of rotatable bonds is 5. The van der Waals surface area contributed by atoms with Crippen LogP contribution in [0.1, 0.15) is 12.5 Å². The van der Waals surface area contributed by atoms with E-state index in [1.165, 1.54) is 28.6 Å². The topological polar surface area (TPSA) is 71.1 Å². The number of nitrogens with zero attached hydrogens (tertiary/aromatic N) is 4. The fourth-order valence-corrected chi connectivity index (χ4v) is 3.44. The van der Waals surface area contributed by atoms with E-state index in [1.807, 2.05) is 0 Å². The average Bonchev–Trinajstić information content (AvgIpc) is 3.14. The maximum Gasteiger partial charge on any atom is 0.337 e.